The van der Waals surface area contributed by atoms with Crippen molar-refractivity contribution in [3.8, 4) is 11.3 Å². The van der Waals surface area contributed by atoms with Gasteiger partial charge in [0.15, 0.2) is 0 Å². The fraction of sp³-hybridized carbons (Fsp3) is 0.455. The lowest BCUT2D eigenvalue weighted by Crippen LogP contribution is -2.40. The number of nitrogens with one attached hydrogen (secondary N) is 3. The zero-order chi connectivity index (χ0) is 23.1. The average molecular weight is 450 g/mol. The first-order chi connectivity index (χ1) is 15.4. The van der Waals surface area contributed by atoms with Crippen molar-refractivity contribution in [3.63, 3.8) is 0 Å². The smallest absolute Gasteiger partial charge is 0.255 e. The summed E-state index contributed by atoms with van der Waals surface area (Å²) in [5.74, 6) is 0.133. The van der Waals surface area contributed by atoms with Crippen LogP contribution in [-0.4, -0.2) is 62.7 Å². The molecule has 0 unspecified atom stereocenters. The van der Waals surface area contributed by atoms with E-state index in [2.05, 4.69) is 25.8 Å². The number of anilines is 2. The second-order valence-corrected chi connectivity index (χ2v) is 7.70. The monoisotopic (exact) mass is 449 g/mol. The van der Waals surface area contributed by atoms with Gasteiger partial charge in [0.1, 0.15) is 5.82 Å². The summed E-state index contributed by atoms with van der Waals surface area (Å²) in [5, 5.41) is 8.49. The van der Waals surface area contributed by atoms with E-state index >= 15 is 0 Å². The lowest BCUT2D eigenvalue weighted by atomic mass is 10.0. The Hall–Kier alpha value is -2.85. The number of rotatable bonds is 9. The van der Waals surface area contributed by atoms with Crippen LogP contribution in [0.2, 0.25) is 0 Å². The molecule has 174 valence electrons. The van der Waals surface area contributed by atoms with E-state index in [1.54, 1.807) is 32.4 Å². The molecule has 32 heavy (non-hydrogen) atoms. The van der Waals surface area contributed by atoms with E-state index in [0.29, 0.717) is 40.6 Å². The van der Waals surface area contributed by atoms with E-state index in [1.807, 2.05) is 0 Å². The summed E-state index contributed by atoms with van der Waals surface area (Å²) >= 11 is 0. The van der Waals surface area contributed by atoms with Crippen molar-refractivity contribution >= 4 is 17.2 Å². The van der Waals surface area contributed by atoms with Gasteiger partial charge in [-0.15, -0.1) is 0 Å². The molecule has 7 nitrogen and oxygen atoms in total. The maximum absolute atomic E-state index is 14.6. The van der Waals surface area contributed by atoms with Gasteiger partial charge in [-0.3, -0.25) is 0 Å². The van der Waals surface area contributed by atoms with Crippen LogP contribution in [0.4, 0.5) is 24.8 Å². The summed E-state index contributed by atoms with van der Waals surface area (Å²) in [6, 6.07) is 5.00. The predicted molar refractivity (Wildman–Crippen MR) is 122 cm³/mol. The minimum absolute atomic E-state index is 0.166. The molecule has 1 aliphatic rings. The Kier molecular flexibility index (Phi) is 8.29. The van der Waals surface area contributed by atoms with Crippen LogP contribution in [0, 0.1) is 5.82 Å². The number of nitrogens with zero attached hydrogens (tertiary/aromatic N) is 3. The van der Waals surface area contributed by atoms with Gasteiger partial charge in [0, 0.05) is 56.2 Å². The number of halogens is 3. The van der Waals surface area contributed by atoms with Crippen molar-refractivity contribution in [2.75, 3.05) is 50.5 Å². The minimum Gasteiger partial charge on any atom is -0.386 e. The predicted octanol–water partition coefficient (Wildman–Crippen LogP) is 2.67. The Morgan fingerprint density at radius 2 is 2.03 bits per heavy atom. The number of benzene rings is 1. The lowest BCUT2D eigenvalue weighted by Gasteiger charge is -2.30. The Morgan fingerprint density at radius 3 is 2.66 bits per heavy atom. The van der Waals surface area contributed by atoms with Gasteiger partial charge < -0.3 is 26.6 Å². The highest BCUT2D eigenvalue weighted by molar-refractivity contribution is 5.80. The third-order valence-electron chi connectivity index (χ3n) is 5.37. The molecule has 1 fully saturated rings. The Labute approximate surface area is 186 Å². The summed E-state index contributed by atoms with van der Waals surface area (Å²) in [7, 11) is 3.41. The molecular formula is C22H30F3N7. The van der Waals surface area contributed by atoms with Crippen LogP contribution in [0.1, 0.15) is 18.4 Å². The Bertz CT molecular complexity index is 928. The van der Waals surface area contributed by atoms with Gasteiger partial charge in [-0.2, -0.15) is 0 Å². The number of hydrogen-bond acceptors (Lipinski definition) is 7. The summed E-state index contributed by atoms with van der Waals surface area (Å²) in [4.78, 5) is 11.4. The van der Waals surface area contributed by atoms with Gasteiger partial charge in [-0.25, -0.2) is 23.1 Å². The van der Waals surface area contributed by atoms with Crippen molar-refractivity contribution < 1.29 is 13.2 Å². The third kappa shape index (κ3) is 5.89. The van der Waals surface area contributed by atoms with Crippen molar-refractivity contribution in [3.05, 3.63) is 42.0 Å². The molecular weight excluding hydrogens is 419 g/mol. The number of aromatic nitrogens is 2. The highest BCUT2D eigenvalue weighted by Crippen LogP contribution is 2.31. The molecule has 1 aromatic heterocycles. The molecule has 5 N–H and O–H groups in total. The molecule has 0 saturated carbocycles. The van der Waals surface area contributed by atoms with Crippen LogP contribution in [0.5, 0.6) is 0 Å². The van der Waals surface area contributed by atoms with Crippen LogP contribution in [0.15, 0.2) is 30.6 Å². The molecule has 1 saturated heterocycles. The zero-order valence-corrected chi connectivity index (χ0v) is 18.3. The number of piperidine rings is 1. The zero-order valence-electron chi connectivity index (χ0n) is 18.3. The topological polar surface area (TPSA) is 91.1 Å². The molecule has 3 rings (SSSR count). The van der Waals surface area contributed by atoms with Crippen molar-refractivity contribution in [2.45, 2.75) is 25.3 Å². The molecule has 0 spiro atoms. The van der Waals surface area contributed by atoms with Crippen LogP contribution >= 0.6 is 0 Å². The molecule has 2 aromatic rings. The fourth-order valence-electron chi connectivity index (χ4n) is 3.63. The highest BCUT2D eigenvalue weighted by Gasteiger charge is 2.21. The van der Waals surface area contributed by atoms with Crippen molar-refractivity contribution in [1.29, 1.82) is 0 Å². The third-order valence-corrected chi connectivity index (χ3v) is 5.37. The second-order valence-electron chi connectivity index (χ2n) is 7.70. The lowest BCUT2D eigenvalue weighted by molar-refractivity contribution is 0.151. The first-order valence-corrected chi connectivity index (χ1v) is 10.6. The first kappa shape index (κ1) is 23.8. The highest BCUT2D eigenvalue weighted by atomic mass is 19.3. The molecule has 0 radical (unpaired) electrons. The first-order valence-electron chi connectivity index (χ1n) is 10.6. The maximum Gasteiger partial charge on any atom is 0.255 e. The summed E-state index contributed by atoms with van der Waals surface area (Å²) in [5.41, 5.74) is 8.82. The summed E-state index contributed by atoms with van der Waals surface area (Å²) in [6.07, 6.45) is 2.41. The van der Waals surface area contributed by atoms with Gasteiger partial charge >= 0.3 is 0 Å². The normalized spacial score (nSPS) is 15.3. The molecule has 10 heteroatoms. The van der Waals surface area contributed by atoms with Gasteiger partial charge in [0.05, 0.1) is 17.9 Å². The minimum atomic E-state index is -2.48. The molecule has 0 amide bonds. The second kappa shape index (κ2) is 11.1. The van der Waals surface area contributed by atoms with E-state index in [1.165, 1.54) is 12.3 Å². The van der Waals surface area contributed by atoms with E-state index in [9.17, 15) is 13.2 Å². The average Bonchev–Trinajstić information content (AvgIpc) is 2.78. The number of alkyl halides is 2. The van der Waals surface area contributed by atoms with E-state index in [0.717, 1.165) is 25.9 Å². The largest absolute Gasteiger partial charge is 0.386 e. The molecule has 0 aliphatic carbocycles. The van der Waals surface area contributed by atoms with Crippen LogP contribution in [-0.2, 0) is 0 Å². The van der Waals surface area contributed by atoms with Crippen molar-refractivity contribution in [1.82, 2.24) is 20.6 Å². The van der Waals surface area contributed by atoms with Crippen LogP contribution < -0.4 is 26.6 Å². The van der Waals surface area contributed by atoms with E-state index in [-0.39, 0.29) is 6.04 Å². The van der Waals surface area contributed by atoms with Gasteiger partial charge in [-0.05, 0) is 37.6 Å². The van der Waals surface area contributed by atoms with Gasteiger partial charge in [-0.1, -0.05) is 6.07 Å². The SMILES string of the molecule is CNC/C(=C\NCC(F)F)c1cnc(N2CCC(N)CC2)nc1-c1ccc(NC)c(F)c1. The summed E-state index contributed by atoms with van der Waals surface area (Å²) in [6.45, 7) is 1.40. The van der Waals surface area contributed by atoms with E-state index in [4.69, 9.17) is 10.7 Å². The molecule has 1 aliphatic heterocycles. The summed E-state index contributed by atoms with van der Waals surface area (Å²) < 4.78 is 39.8. The maximum atomic E-state index is 14.6. The number of likely N-dealkylation sites (N-methyl/N-ethyl adjacent to an activating group) is 1. The van der Waals surface area contributed by atoms with E-state index < -0.39 is 18.8 Å². The molecule has 2 heterocycles. The Balaban J connectivity index is 2.05. The van der Waals surface area contributed by atoms with Gasteiger partial charge in [0.25, 0.3) is 6.43 Å². The molecule has 0 bridgehead atoms. The van der Waals surface area contributed by atoms with Crippen molar-refractivity contribution in [2.24, 2.45) is 5.73 Å². The van der Waals surface area contributed by atoms with Gasteiger partial charge in [0.2, 0.25) is 5.95 Å². The Morgan fingerprint density at radius 1 is 1.28 bits per heavy atom. The molecule has 1 aromatic carbocycles. The molecule has 0 atom stereocenters. The number of nitrogens with two attached hydrogens (primary N) is 1. The quantitative estimate of drug-likeness (QED) is 0.468. The van der Waals surface area contributed by atoms with Crippen LogP contribution in [0.3, 0.4) is 0 Å². The fourth-order valence-corrected chi connectivity index (χ4v) is 3.63. The standard InChI is InChI=1S/C22H30F3N7/c1-27-10-15(11-29-13-20(24)25)17-12-30-22(32-7-5-16(26)6-8-32)31-21(17)14-3-4-19(28-2)18(23)9-14/h3-4,9,11-12,16,20,27-29H,5-8,10,13,26H2,1-2H3/b15-11+. The van der Waals surface area contributed by atoms with Crippen LogP contribution in [0.25, 0.3) is 16.8 Å². The number of hydrogen-bond donors (Lipinski definition) is 4.